The van der Waals surface area contributed by atoms with Crippen LogP contribution < -0.4 is 10.6 Å². The van der Waals surface area contributed by atoms with E-state index in [4.69, 9.17) is 11.6 Å². The minimum Gasteiger partial charge on any atom is -0.343 e. The van der Waals surface area contributed by atoms with Gasteiger partial charge in [-0.25, -0.2) is 13.8 Å². The fourth-order valence-corrected chi connectivity index (χ4v) is 8.19. The van der Waals surface area contributed by atoms with Crippen LogP contribution in [0.3, 0.4) is 0 Å². The Hall–Kier alpha value is -2.96. The van der Waals surface area contributed by atoms with Crippen molar-refractivity contribution in [3.8, 4) is 10.6 Å². The van der Waals surface area contributed by atoms with Crippen molar-refractivity contribution < 1.29 is 18.4 Å². The maximum atomic E-state index is 14.7. The highest BCUT2D eigenvalue weighted by molar-refractivity contribution is 7.21. The SMILES string of the molecule is CNCCNCCC(=O)N(C)C1CCC(N(Cc2cccc(-c3nc(C)cs3)c2)C(=O)c2sc3c(F)ccc(F)c3c2Cl)CC1. The first-order chi connectivity index (χ1) is 21.7. The molecule has 45 heavy (non-hydrogen) atoms. The Morgan fingerprint density at radius 3 is 2.47 bits per heavy atom. The molecule has 12 heteroatoms. The van der Waals surface area contributed by atoms with E-state index >= 15 is 0 Å². The van der Waals surface area contributed by atoms with Crippen molar-refractivity contribution >= 4 is 56.2 Å². The minimum absolute atomic E-state index is 0.0359. The van der Waals surface area contributed by atoms with E-state index in [1.807, 2.05) is 55.6 Å². The Morgan fingerprint density at radius 1 is 1.04 bits per heavy atom. The number of nitrogens with zero attached hydrogens (tertiary/aromatic N) is 3. The van der Waals surface area contributed by atoms with Crippen molar-refractivity contribution in [2.45, 2.75) is 57.7 Å². The van der Waals surface area contributed by atoms with E-state index in [-0.39, 0.29) is 43.9 Å². The van der Waals surface area contributed by atoms with Gasteiger partial charge in [-0.1, -0.05) is 29.8 Å². The molecule has 0 bridgehead atoms. The first-order valence-electron chi connectivity index (χ1n) is 15.2. The largest absolute Gasteiger partial charge is 0.343 e. The minimum atomic E-state index is -0.657. The summed E-state index contributed by atoms with van der Waals surface area (Å²) in [5.41, 5.74) is 2.83. The maximum absolute atomic E-state index is 14.7. The first-order valence-corrected chi connectivity index (χ1v) is 17.2. The molecule has 0 spiro atoms. The molecule has 1 aliphatic carbocycles. The molecule has 2 amide bonds. The molecule has 240 valence electrons. The van der Waals surface area contributed by atoms with Gasteiger partial charge in [-0.3, -0.25) is 9.59 Å². The van der Waals surface area contributed by atoms with Crippen LogP contribution >= 0.6 is 34.3 Å². The quantitative estimate of drug-likeness (QED) is 0.161. The standard InChI is InChI=1S/C33H38ClF2N5O2S2/c1-20-19-44-32(39-20)22-6-4-5-21(17-22)18-41(33(43)31-29(34)28-25(35)11-12-26(36)30(28)45-31)24-9-7-23(8-10-24)40(3)27(42)13-14-38-16-15-37-2/h4-6,11-12,17,19,23-24,37-38H,7-10,13-16,18H2,1-3H3. The molecule has 0 radical (unpaired) electrons. The molecule has 2 heterocycles. The van der Waals surface area contributed by atoms with Crippen molar-refractivity contribution in [3.05, 3.63) is 74.6 Å². The van der Waals surface area contributed by atoms with Crippen LogP contribution in [0.15, 0.2) is 41.8 Å². The molecule has 0 atom stereocenters. The summed E-state index contributed by atoms with van der Waals surface area (Å²) in [4.78, 5) is 35.5. The third kappa shape index (κ3) is 7.72. The molecule has 5 rings (SSSR count). The summed E-state index contributed by atoms with van der Waals surface area (Å²) < 4.78 is 29.4. The van der Waals surface area contributed by atoms with Gasteiger partial charge in [-0.15, -0.1) is 22.7 Å². The number of rotatable bonds is 12. The van der Waals surface area contributed by atoms with Gasteiger partial charge in [-0.05, 0) is 63.4 Å². The highest BCUT2D eigenvalue weighted by Gasteiger charge is 2.34. The van der Waals surface area contributed by atoms with Crippen molar-refractivity contribution in [2.24, 2.45) is 0 Å². The Balaban J connectivity index is 1.36. The van der Waals surface area contributed by atoms with Gasteiger partial charge in [0, 0.05) is 68.4 Å². The number of carbonyl (C=O) groups is 2. The highest BCUT2D eigenvalue weighted by atomic mass is 35.5. The molecular formula is C33H38ClF2N5O2S2. The van der Waals surface area contributed by atoms with E-state index in [0.29, 0.717) is 32.4 Å². The summed E-state index contributed by atoms with van der Waals surface area (Å²) in [6.07, 6.45) is 3.28. The smallest absolute Gasteiger partial charge is 0.266 e. The molecule has 1 fully saturated rings. The summed E-state index contributed by atoms with van der Waals surface area (Å²) >= 11 is 9.04. The zero-order chi connectivity index (χ0) is 32.1. The van der Waals surface area contributed by atoms with Gasteiger partial charge in [0.1, 0.15) is 21.5 Å². The van der Waals surface area contributed by atoms with E-state index in [1.54, 1.807) is 16.2 Å². The van der Waals surface area contributed by atoms with Gasteiger partial charge >= 0.3 is 0 Å². The van der Waals surface area contributed by atoms with Crippen molar-refractivity contribution in [3.63, 3.8) is 0 Å². The third-order valence-electron chi connectivity index (χ3n) is 8.40. The van der Waals surface area contributed by atoms with Gasteiger partial charge in [0.05, 0.1) is 15.1 Å². The molecule has 4 aromatic rings. The van der Waals surface area contributed by atoms with Crippen molar-refractivity contribution in [2.75, 3.05) is 33.7 Å². The van der Waals surface area contributed by atoms with Crippen molar-refractivity contribution in [1.29, 1.82) is 0 Å². The number of hydrogen-bond donors (Lipinski definition) is 2. The van der Waals surface area contributed by atoms with Crippen LogP contribution in [0, 0.1) is 18.6 Å². The van der Waals surface area contributed by atoms with Crippen LogP contribution in [0.5, 0.6) is 0 Å². The van der Waals surface area contributed by atoms with Gasteiger partial charge in [0.15, 0.2) is 0 Å². The summed E-state index contributed by atoms with van der Waals surface area (Å²) in [5, 5.41) is 9.13. The Morgan fingerprint density at radius 2 is 1.78 bits per heavy atom. The summed E-state index contributed by atoms with van der Waals surface area (Å²) in [6, 6.07) is 9.98. The van der Waals surface area contributed by atoms with Crippen molar-refractivity contribution in [1.82, 2.24) is 25.4 Å². The second-order valence-corrected chi connectivity index (χ2v) is 13.7. The lowest BCUT2D eigenvalue weighted by Gasteiger charge is -2.39. The number of carbonyl (C=O) groups excluding carboxylic acids is 2. The van der Waals surface area contributed by atoms with E-state index in [1.165, 1.54) is 0 Å². The number of thiazole rings is 1. The predicted octanol–water partition coefficient (Wildman–Crippen LogP) is 6.88. The normalized spacial score (nSPS) is 16.7. The molecular weight excluding hydrogens is 636 g/mol. The topological polar surface area (TPSA) is 77.6 Å². The lowest BCUT2D eigenvalue weighted by atomic mass is 9.88. The number of benzene rings is 2. The van der Waals surface area contributed by atoms with Gasteiger partial charge in [0.2, 0.25) is 5.91 Å². The number of aryl methyl sites for hydroxylation is 1. The average Bonchev–Trinajstić information content (AvgIpc) is 3.65. The molecule has 1 saturated carbocycles. The lowest BCUT2D eigenvalue weighted by Crippen LogP contribution is -2.46. The Kier molecular flexibility index (Phi) is 11.2. The van der Waals surface area contributed by atoms with Gasteiger partial charge < -0.3 is 20.4 Å². The summed E-state index contributed by atoms with van der Waals surface area (Å²) in [6.45, 7) is 4.52. The zero-order valence-electron chi connectivity index (χ0n) is 25.7. The van der Waals surface area contributed by atoms with E-state index in [9.17, 15) is 18.4 Å². The first kappa shape index (κ1) is 33.4. The number of thiophene rings is 1. The lowest BCUT2D eigenvalue weighted by molar-refractivity contribution is -0.132. The Labute approximate surface area is 275 Å². The number of aromatic nitrogens is 1. The summed E-state index contributed by atoms with van der Waals surface area (Å²) in [5.74, 6) is -1.52. The van der Waals surface area contributed by atoms with Crippen LogP contribution in [0.25, 0.3) is 20.7 Å². The number of likely N-dealkylation sites (N-methyl/N-ethyl adjacent to an activating group) is 1. The molecule has 0 saturated heterocycles. The van der Waals surface area contributed by atoms with Crippen LogP contribution in [0.1, 0.15) is 53.0 Å². The second-order valence-electron chi connectivity index (χ2n) is 11.5. The Bertz CT molecular complexity index is 1650. The van der Waals surface area contributed by atoms with Gasteiger partial charge in [-0.2, -0.15) is 0 Å². The molecule has 0 unspecified atom stereocenters. The highest BCUT2D eigenvalue weighted by Crippen LogP contribution is 2.40. The summed E-state index contributed by atoms with van der Waals surface area (Å²) in [7, 11) is 3.75. The van der Waals surface area contributed by atoms with Crippen LogP contribution in [-0.2, 0) is 11.3 Å². The monoisotopic (exact) mass is 673 g/mol. The number of halogens is 3. The van der Waals surface area contributed by atoms with Crippen LogP contribution in [-0.4, -0.2) is 72.4 Å². The second kappa shape index (κ2) is 15.1. The zero-order valence-corrected chi connectivity index (χ0v) is 28.1. The maximum Gasteiger partial charge on any atom is 0.266 e. The van der Waals surface area contributed by atoms with Gasteiger partial charge in [0.25, 0.3) is 5.91 Å². The number of fused-ring (bicyclic) bond motifs is 1. The van der Waals surface area contributed by atoms with Crippen LogP contribution in [0.2, 0.25) is 5.02 Å². The third-order valence-corrected chi connectivity index (χ3v) is 11.1. The fraction of sp³-hybridized carbons (Fsp3) is 0.424. The van der Waals surface area contributed by atoms with E-state index in [2.05, 4.69) is 15.6 Å². The molecule has 2 N–H and O–H groups in total. The van der Waals surface area contributed by atoms with E-state index in [0.717, 1.165) is 71.2 Å². The molecule has 1 aliphatic rings. The average molecular weight is 674 g/mol. The number of hydrogen-bond acceptors (Lipinski definition) is 7. The van der Waals surface area contributed by atoms with E-state index < -0.39 is 11.6 Å². The molecule has 2 aromatic heterocycles. The number of nitrogens with one attached hydrogen (secondary N) is 2. The molecule has 2 aromatic carbocycles. The van der Waals surface area contributed by atoms with Crippen LogP contribution in [0.4, 0.5) is 8.78 Å². The predicted molar refractivity (Wildman–Crippen MR) is 179 cm³/mol. The fourth-order valence-electron chi connectivity index (χ4n) is 5.89. The number of amides is 2. The molecule has 0 aliphatic heterocycles. The molecule has 7 nitrogen and oxygen atoms in total.